The number of amides is 3. The summed E-state index contributed by atoms with van der Waals surface area (Å²) in [7, 11) is 3.76. The van der Waals surface area contributed by atoms with Crippen LogP contribution >= 0.6 is 11.3 Å². The molecule has 33 heavy (non-hydrogen) atoms. The molecule has 3 amide bonds. The molecule has 8 nitrogen and oxygen atoms in total. The molecule has 0 unspecified atom stereocenters. The van der Waals surface area contributed by atoms with Crippen LogP contribution in [0.1, 0.15) is 20.8 Å². The van der Waals surface area contributed by atoms with Crippen molar-refractivity contribution in [3.63, 3.8) is 0 Å². The molecule has 1 atom stereocenters. The summed E-state index contributed by atoms with van der Waals surface area (Å²) in [6, 6.07) is 21.1. The predicted molar refractivity (Wildman–Crippen MR) is 128 cm³/mol. The van der Waals surface area contributed by atoms with Crippen molar-refractivity contribution in [3.8, 4) is 0 Å². The first-order valence-electron chi connectivity index (χ1n) is 10.3. The van der Waals surface area contributed by atoms with E-state index >= 15 is 0 Å². The quantitative estimate of drug-likeness (QED) is 0.443. The topological polar surface area (TPSA) is 99.8 Å². The molecule has 0 spiro atoms. The maximum absolute atomic E-state index is 12.8. The molecule has 0 aliphatic heterocycles. The van der Waals surface area contributed by atoms with Crippen molar-refractivity contribution in [1.29, 1.82) is 0 Å². The summed E-state index contributed by atoms with van der Waals surface area (Å²) in [5, 5.41) is 3.50. The van der Waals surface area contributed by atoms with Crippen LogP contribution in [0.3, 0.4) is 0 Å². The van der Waals surface area contributed by atoms with E-state index < -0.39 is 23.9 Å². The summed E-state index contributed by atoms with van der Waals surface area (Å²) < 4.78 is 5.25. The summed E-state index contributed by atoms with van der Waals surface area (Å²) in [6.07, 6.45) is -0.498. The highest BCUT2D eigenvalue weighted by atomic mass is 32.1. The Kier molecular flexibility index (Phi) is 8.43. The summed E-state index contributed by atoms with van der Waals surface area (Å²) in [4.78, 5) is 39.9. The van der Waals surface area contributed by atoms with Gasteiger partial charge in [0.15, 0.2) is 0 Å². The van der Waals surface area contributed by atoms with Crippen LogP contribution in [0, 0.1) is 0 Å². The van der Waals surface area contributed by atoms with Crippen molar-refractivity contribution in [2.24, 2.45) is 0 Å². The molecule has 3 N–H and O–H groups in total. The number of hydrogen-bond donors (Lipinski definition) is 3. The maximum Gasteiger partial charge on any atom is 0.408 e. The fourth-order valence-electron chi connectivity index (χ4n) is 2.92. The molecule has 3 aromatic rings. The van der Waals surface area contributed by atoms with Crippen molar-refractivity contribution in [2.75, 3.05) is 19.0 Å². The highest BCUT2D eigenvalue weighted by Gasteiger charge is 2.23. The molecule has 0 radical (unpaired) electrons. The minimum atomic E-state index is -0.948. The van der Waals surface area contributed by atoms with Gasteiger partial charge in [0, 0.05) is 20.5 Å². The molecule has 0 bridgehead atoms. The van der Waals surface area contributed by atoms with Gasteiger partial charge in [0.2, 0.25) is 0 Å². The molecule has 2 aromatic carbocycles. The van der Waals surface area contributed by atoms with Crippen LogP contribution in [0.2, 0.25) is 0 Å². The molecule has 1 heterocycles. The van der Waals surface area contributed by atoms with E-state index in [-0.39, 0.29) is 13.0 Å². The van der Waals surface area contributed by atoms with Crippen LogP contribution in [-0.2, 0) is 22.6 Å². The number of thiophene rings is 1. The lowest BCUT2D eigenvalue weighted by molar-refractivity contribution is -0.123. The Balaban J connectivity index is 1.60. The van der Waals surface area contributed by atoms with Crippen molar-refractivity contribution >= 4 is 34.2 Å². The average molecular weight is 467 g/mol. The zero-order valence-corrected chi connectivity index (χ0v) is 19.2. The van der Waals surface area contributed by atoms with Gasteiger partial charge in [-0.3, -0.25) is 20.4 Å². The predicted octanol–water partition coefficient (Wildman–Crippen LogP) is 3.11. The largest absolute Gasteiger partial charge is 0.445 e. The number of anilines is 1. The monoisotopic (exact) mass is 466 g/mol. The fraction of sp³-hybridized carbons (Fsp3) is 0.208. The first kappa shape index (κ1) is 23.8. The third kappa shape index (κ3) is 7.36. The second-order valence-electron chi connectivity index (χ2n) is 7.42. The first-order valence-corrected chi connectivity index (χ1v) is 11.1. The van der Waals surface area contributed by atoms with Gasteiger partial charge in [-0.2, -0.15) is 0 Å². The Morgan fingerprint density at radius 3 is 2.12 bits per heavy atom. The second-order valence-corrected chi connectivity index (χ2v) is 8.49. The Hall–Kier alpha value is -3.85. The number of carbonyl (C=O) groups excluding carboxylic acids is 3. The molecular weight excluding hydrogens is 440 g/mol. The second kappa shape index (κ2) is 11.7. The third-order valence-corrected chi connectivity index (χ3v) is 5.91. The number of carbonyl (C=O) groups is 3. The minimum Gasteiger partial charge on any atom is -0.445 e. The van der Waals surface area contributed by atoms with E-state index in [0.717, 1.165) is 16.1 Å². The number of ether oxygens (including phenoxy) is 1. The molecule has 172 valence electrons. The molecule has 3 rings (SSSR count). The van der Waals surface area contributed by atoms with Crippen molar-refractivity contribution in [3.05, 3.63) is 88.8 Å². The van der Waals surface area contributed by atoms with Crippen LogP contribution in [0.4, 0.5) is 9.80 Å². The standard InChI is InChI=1S/C24H26N4O4S/c1-28(2)21-14-13-20(33-21)23(30)27-26-22(29)19(15-17-9-5-3-6-10-17)25-24(31)32-16-18-11-7-4-8-12-18/h3-14,19H,15-16H2,1-2H3,(H,25,31)(H,26,29)(H,27,30)/t19-/m0/s1. The Morgan fingerprint density at radius 2 is 1.52 bits per heavy atom. The van der Waals surface area contributed by atoms with E-state index in [0.29, 0.717) is 4.88 Å². The Bertz CT molecular complexity index is 1070. The zero-order valence-electron chi connectivity index (χ0n) is 18.4. The highest BCUT2D eigenvalue weighted by Crippen LogP contribution is 2.23. The number of nitrogens with zero attached hydrogens (tertiary/aromatic N) is 1. The molecule has 9 heteroatoms. The SMILES string of the molecule is CN(C)c1ccc(C(=O)NNC(=O)[C@H](Cc2ccccc2)NC(=O)OCc2ccccc2)s1. The first-order chi connectivity index (χ1) is 15.9. The van der Waals surface area contributed by atoms with Gasteiger partial charge in [0.25, 0.3) is 11.8 Å². The fourth-order valence-corrected chi connectivity index (χ4v) is 3.75. The van der Waals surface area contributed by atoms with Crippen LogP contribution in [-0.4, -0.2) is 38.0 Å². The smallest absolute Gasteiger partial charge is 0.408 e. The number of alkyl carbamates (subject to hydrolysis) is 1. The van der Waals surface area contributed by atoms with E-state index in [9.17, 15) is 14.4 Å². The van der Waals surface area contributed by atoms with Gasteiger partial charge in [-0.05, 0) is 23.3 Å². The molecule has 0 aliphatic carbocycles. The van der Waals surface area contributed by atoms with Crippen LogP contribution < -0.4 is 21.1 Å². The summed E-state index contributed by atoms with van der Waals surface area (Å²) >= 11 is 1.30. The third-order valence-electron chi connectivity index (χ3n) is 4.66. The van der Waals surface area contributed by atoms with E-state index in [1.165, 1.54) is 11.3 Å². The van der Waals surface area contributed by atoms with E-state index in [2.05, 4.69) is 16.2 Å². The molecule has 0 saturated carbocycles. The van der Waals surface area contributed by atoms with Crippen LogP contribution in [0.25, 0.3) is 0 Å². The molecular formula is C24H26N4O4S. The van der Waals surface area contributed by atoms with Gasteiger partial charge in [-0.1, -0.05) is 60.7 Å². The van der Waals surface area contributed by atoms with Crippen molar-refractivity contribution in [2.45, 2.75) is 19.1 Å². The molecule has 0 fully saturated rings. The lowest BCUT2D eigenvalue weighted by Crippen LogP contribution is -2.53. The average Bonchev–Trinajstić information content (AvgIpc) is 3.33. The number of rotatable bonds is 8. The molecule has 0 saturated heterocycles. The van der Waals surface area contributed by atoms with Crippen LogP contribution in [0.5, 0.6) is 0 Å². The summed E-state index contributed by atoms with van der Waals surface area (Å²) in [5.74, 6) is -1.00. The molecule has 1 aromatic heterocycles. The van der Waals surface area contributed by atoms with Crippen molar-refractivity contribution < 1.29 is 19.1 Å². The zero-order chi connectivity index (χ0) is 23.6. The van der Waals surface area contributed by atoms with Crippen molar-refractivity contribution in [1.82, 2.24) is 16.2 Å². The normalized spacial score (nSPS) is 11.2. The Labute approximate surface area is 196 Å². The van der Waals surface area contributed by atoms with Crippen LogP contribution in [0.15, 0.2) is 72.8 Å². The van der Waals surface area contributed by atoms with E-state index in [1.807, 2.05) is 85.7 Å². The van der Waals surface area contributed by atoms with Gasteiger partial charge < -0.3 is 15.0 Å². The molecule has 0 aliphatic rings. The van der Waals surface area contributed by atoms with Gasteiger partial charge in [-0.15, -0.1) is 11.3 Å². The van der Waals surface area contributed by atoms with E-state index in [1.54, 1.807) is 6.07 Å². The van der Waals surface area contributed by atoms with Gasteiger partial charge in [0.1, 0.15) is 12.6 Å². The Morgan fingerprint density at radius 1 is 0.879 bits per heavy atom. The van der Waals surface area contributed by atoms with Gasteiger partial charge in [0.05, 0.1) is 9.88 Å². The lowest BCUT2D eigenvalue weighted by atomic mass is 10.1. The van der Waals surface area contributed by atoms with Gasteiger partial charge in [-0.25, -0.2) is 4.79 Å². The number of nitrogens with one attached hydrogen (secondary N) is 3. The van der Waals surface area contributed by atoms with E-state index in [4.69, 9.17) is 4.74 Å². The van der Waals surface area contributed by atoms with Gasteiger partial charge >= 0.3 is 6.09 Å². The number of hydrogen-bond acceptors (Lipinski definition) is 6. The minimum absolute atomic E-state index is 0.0790. The highest BCUT2D eigenvalue weighted by molar-refractivity contribution is 7.17. The maximum atomic E-state index is 12.8. The summed E-state index contributed by atoms with van der Waals surface area (Å²) in [6.45, 7) is 0.0790. The number of benzene rings is 2. The summed E-state index contributed by atoms with van der Waals surface area (Å²) in [5.41, 5.74) is 6.49. The lowest BCUT2D eigenvalue weighted by Gasteiger charge is -2.18. The number of hydrazine groups is 1.